The SMILES string of the molecule is CN=C(NCCc1cn2cccc(C)c2n1)NCc1ccc(Cl)cc1.I. The van der Waals surface area contributed by atoms with E-state index in [-0.39, 0.29) is 24.0 Å². The fraction of sp³-hybridized carbons (Fsp3) is 0.263. The van der Waals surface area contributed by atoms with Crippen molar-refractivity contribution in [3.05, 3.63) is 70.6 Å². The molecule has 138 valence electrons. The van der Waals surface area contributed by atoms with E-state index < -0.39 is 0 Å². The second-order valence-corrected chi connectivity index (χ2v) is 6.32. The number of rotatable bonds is 5. The molecular weight excluding hydrogens is 461 g/mol. The van der Waals surface area contributed by atoms with Gasteiger partial charge >= 0.3 is 0 Å². The molecule has 0 amide bonds. The molecule has 3 rings (SSSR count). The van der Waals surface area contributed by atoms with Gasteiger partial charge in [-0.3, -0.25) is 4.99 Å². The molecule has 3 aromatic rings. The zero-order chi connectivity index (χ0) is 17.6. The first-order chi connectivity index (χ1) is 12.2. The molecule has 2 heterocycles. The lowest BCUT2D eigenvalue weighted by molar-refractivity contribution is 0.787. The maximum atomic E-state index is 5.90. The van der Waals surface area contributed by atoms with Crippen LogP contribution in [0.15, 0.2) is 53.8 Å². The lowest BCUT2D eigenvalue weighted by Crippen LogP contribution is -2.37. The van der Waals surface area contributed by atoms with Crippen LogP contribution < -0.4 is 10.6 Å². The van der Waals surface area contributed by atoms with Crippen molar-refractivity contribution in [2.24, 2.45) is 4.99 Å². The Hall–Kier alpha value is -1.80. The van der Waals surface area contributed by atoms with Crippen LogP contribution in [0.5, 0.6) is 0 Å². The normalized spacial score (nSPS) is 11.3. The highest BCUT2D eigenvalue weighted by atomic mass is 127. The van der Waals surface area contributed by atoms with E-state index in [1.807, 2.05) is 36.5 Å². The Morgan fingerprint density at radius 3 is 2.65 bits per heavy atom. The number of halogens is 2. The molecule has 2 aromatic heterocycles. The molecule has 2 N–H and O–H groups in total. The summed E-state index contributed by atoms with van der Waals surface area (Å²) in [4.78, 5) is 8.94. The smallest absolute Gasteiger partial charge is 0.191 e. The molecule has 0 bridgehead atoms. The molecule has 0 aliphatic heterocycles. The monoisotopic (exact) mass is 483 g/mol. The lowest BCUT2D eigenvalue weighted by atomic mass is 10.2. The van der Waals surface area contributed by atoms with Crippen LogP contribution in [0.2, 0.25) is 5.02 Å². The summed E-state index contributed by atoms with van der Waals surface area (Å²) in [6, 6.07) is 11.9. The molecular formula is C19H23ClIN5. The first-order valence-corrected chi connectivity index (χ1v) is 8.65. The number of hydrogen-bond donors (Lipinski definition) is 2. The van der Waals surface area contributed by atoms with Gasteiger partial charge in [-0.2, -0.15) is 0 Å². The number of nitrogens with one attached hydrogen (secondary N) is 2. The molecule has 5 nitrogen and oxygen atoms in total. The molecule has 7 heteroatoms. The highest BCUT2D eigenvalue weighted by Gasteiger charge is 2.04. The van der Waals surface area contributed by atoms with Gasteiger partial charge in [0.1, 0.15) is 5.65 Å². The largest absolute Gasteiger partial charge is 0.356 e. The molecule has 0 radical (unpaired) electrons. The number of benzene rings is 1. The molecule has 26 heavy (non-hydrogen) atoms. The Kier molecular flexibility index (Phi) is 7.71. The van der Waals surface area contributed by atoms with E-state index in [0.29, 0.717) is 6.54 Å². The quantitative estimate of drug-likeness (QED) is 0.330. The average Bonchev–Trinajstić information content (AvgIpc) is 3.04. The number of aliphatic imine (C=N–C) groups is 1. The van der Waals surface area contributed by atoms with Gasteiger partial charge in [0.15, 0.2) is 5.96 Å². The minimum atomic E-state index is 0. The van der Waals surface area contributed by atoms with Gasteiger partial charge in [-0.1, -0.05) is 29.8 Å². The standard InChI is InChI=1S/C19H22ClN5.HI/c1-14-4-3-11-25-13-17(24-18(14)25)9-10-22-19(21-2)23-12-15-5-7-16(20)8-6-15;/h3-8,11,13H,9-10,12H2,1-2H3,(H2,21,22,23);1H. The van der Waals surface area contributed by atoms with Gasteiger partial charge in [0.25, 0.3) is 0 Å². The van der Waals surface area contributed by atoms with Gasteiger partial charge in [0.2, 0.25) is 0 Å². The van der Waals surface area contributed by atoms with Crippen molar-refractivity contribution >= 4 is 47.2 Å². The first kappa shape index (κ1) is 20.5. The van der Waals surface area contributed by atoms with Gasteiger partial charge in [-0.05, 0) is 36.2 Å². The Morgan fingerprint density at radius 2 is 1.96 bits per heavy atom. The zero-order valence-electron chi connectivity index (χ0n) is 14.9. The van der Waals surface area contributed by atoms with Gasteiger partial charge in [0.05, 0.1) is 5.69 Å². The molecule has 0 saturated carbocycles. The molecule has 0 atom stereocenters. The van der Waals surface area contributed by atoms with Crippen LogP contribution in [-0.4, -0.2) is 28.9 Å². The number of aromatic nitrogens is 2. The summed E-state index contributed by atoms with van der Waals surface area (Å²) in [5, 5.41) is 7.36. The van der Waals surface area contributed by atoms with Gasteiger partial charge in [-0.25, -0.2) is 4.98 Å². The molecule has 0 spiro atoms. The summed E-state index contributed by atoms with van der Waals surface area (Å²) in [6.07, 6.45) is 4.94. The van der Waals surface area contributed by atoms with E-state index in [9.17, 15) is 0 Å². The van der Waals surface area contributed by atoms with Crippen LogP contribution >= 0.6 is 35.6 Å². The Labute approximate surface area is 175 Å². The number of guanidine groups is 1. The minimum absolute atomic E-state index is 0. The Balaban J connectivity index is 0.00000243. The average molecular weight is 484 g/mol. The van der Waals surface area contributed by atoms with Gasteiger partial charge in [0, 0.05) is 44.0 Å². The number of pyridine rings is 1. The summed E-state index contributed by atoms with van der Waals surface area (Å²) in [5.74, 6) is 0.773. The van der Waals surface area contributed by atoms with Crippen LogP contribution in [0.25, 0.3) is 5.65 Å². The van der Waals surface area contributed by atoms with Crippen molar-refractivity contribution in [1.82, 2.24) is 20.0 Å². The molecule has 0 unspecified atom stereocenters. The number of imidazole rings is 1. The summed E-state index contributed by atoms with van der Waals surface area (Å²) in [7, 11) is 1.77. The van der Waals surface area contributed by atoms with E-state index in [0.717, 1.165) is 40.9 Å². The number of fused-ring (bicyclic) bond motifs is 1. The van der Waals surface area contributed by atoms with Gasteiger partial charge in [-0.15, -0.1) is 24.0 Å². The van der Waals surface area contributed by atoms with Crippen LogP contribution in [-0.2, 0) is 13.0 Å². The third kappa shape index (κ3) is 5.35. The summed E-state index contributed by atoms with van der Waals surface area (Å²) in [5.41, 5.74) is 4.42. The maximum absolute atomic E-state index is 5.90. The highest BCUT2D eigenvalue weighted by molar-refractivity contribution is 14.0. The van der Waals surface area contributed by atoms with Crippen LogP contribution in [0.3, 0.4) is 0 Å². The van der Waals surface area contributed by atoms with E-state index in [4.69, 9.17) is 11.6 Å². The van der Waals surface area contributed by atoms with Crippen molar-refractivity contribution in [3.63, 3.8) is 0 Å². The summed E-state index contributed by atoms with van der Waals surface area (Å²) >= 11 is 5.90. The lowest BCUT2D eigenvalue weighted by Gasteiger charge is -2.11. The van der Waals surface area contributed by atoms with Crippen LogP contribution in [0.4, 0.5) is 0 Å². The fourth-order valence-electron chi connectivity index (χ4n) is 2.64. The van der Waals surface area contributed by atoms with E-state index in [1.165, 1.54) is 5.56 Å². The molecule has 0 saturated heterocycles. The van der Waals surface area contributed by atoms with Crippen molar-refractivity contribution in [2.75, 3.05) is 13.6 Å². The summed E-state index contributed by atoms with van der Waals surface area (Å²) in [6.45, 7) is 3.54. The third-order valence-electron chi connectivity index (χ3n) is 4.00. The number of nitrogens with zero attached hydrogens (tertiary/aromatic N) is 3. The maximum Gasteiger partial charge on any atom is 0.191 e. The molecule has 1 aromatic carbocycles. The third-order valence-corrected chi connectivity index (χ3v) is 4.25. The number of hydrogen-bond acceptors (Lipinski definition) is 2. The zero-order valence-corrected chi connectivity index (χ0v) is 18.0. The minimum Gasteiger partial charge on any atom is -0.356 e. The molecule has 0 aliphatic carbocycles. The van der Waals surface area contributed by atoms with Crippen LogP contribution in [0, 0.1) is 6.92 Å². The Bertz CT molecular complexity index is 873. The number of aryl methyl sites for hydroxylation is 1. The van der Waals surface area contributed by atoms with Crippen molar-refractivity contribution in [3.8, 4) is 0 Å². The fourth-order valence-corrected chi connectivity index (χ4v) is 2.77. The highest BCUT2D eigenvalue weighted by Crippen LogP contribution is 2.10. The van der Waals surface area contributed by atoms with E-state index in [1.54, 1.807) is 7.05 Å². The second-order valence-electron chi connectivity index (χ2n) is 5.88. The van der Waals surface area contributed by atoms with E-state index >= 15 is 0 Å². The van der Waals surface area contributed by atoms with Gasteiger partial charge < -0.3 is 15.0 Å². The topological polar surface area (TPSA) is 53.7 Å². The second kappa shape index (κ2) is 9.78. The van der Waals surface area contributed by atoms with Crippen LogP contribution in [0.1, 0.15) is 16.8 Å². The predicted octanol–water partition coefficient (Wildman–Crippen LogP) is 3.82. The van der Waals surface area contributed by atoms with E-state index in [2.05, 4.69) is 44.2 Å². The molecule has 0 fully saturated rings. The summed E-state index contributed by atoms with van der Waals surface area (Å²) < 4.78 is 2.07. The molecule has 0 aliphatic rings. The predicted molar refractivity (Wildman–Crippen MR) is 119 cm³/mol. The van der Waals surface area contributed by atoms with Crippen molar-refractivity contribution in [1.29, 1.82) is 0 Å². The Morgan fingerprint density at radius 1 is 1.19 bits per heavy atom. The van der Waals surface area contributed by atoms with Crippen molar-refractivity contribution < 1.29 is 0 Å². The first-order valence-electron chi connectivity index (χ1n) is 8.28. The van der Waals surface area contributed by atoms with Crippen molar-refractivity contribution in [2.45, 2.75) is 19.9 Å².